The minimum absolute atomic E-state index is 0.00613. The number of rotatable bonds is 5. The maximum absolute atomic E-state index is 12.2. The zero-order valence-corrected chi connectivity index (χ0v) is 17.1. The third kappa shape index (κ3) is 4.77. The van der Waals surface area contributed by atoms with Crippen molar-refractivity contribution < 1.29 is 23.1 Å². The third-order valence-electron chi connectivity index (χ3n) is 4.24. The van der Waals surface area contributed by atoms with Crippen molar-refractivity contribution in [1.82, 2.24) is 0 Å². The highest BCUT2D eigenvalue weighted by atomic mass is 35.5. The molecule has 1 amide bonds. The minimum Gasteiger partial charge on any atom is -0.481 e. The monoisotopic (exact) mass is 450 g/mol. The number of anilines is 1. The van der Waals surface area contributed by atoms with Crippen molar-refractivity contribution in [3.05, 3.63) is 28.2 Å². The van der Waals surface area contributed by atoms with Crippen LogP contribution in [0.2, 0.25) is 10.0 Å². The van der Waals surface area contributed by atoms with Crippen LogP contribution in [0.4, 0.5) is 5.69 Å². The molecule has 2 fully saturated rings. The standard InChI is InChI=1S/C16H16Cl2N2O5S2/c17-9-4-5-11(10(18)6-9)20-12-7-27(24,25)8-13(12)26-16(20)19-14(21)2-1-3-15(22)23/h4-6,12-13H,1-3,7-8H2,(H,22,23)/t12-,13+/m0/s1. The van der Waals surface area contributed by atoms with Gasteiger partial charge in [0.05, 0.1) is 28.3 Å². The number of sulfone groups is 1. The molecule has 1 aromatic carbocycles. The molecule has 0 aliphatic carbocycles. The number of benzene rings is 1. The number of amidine groups is 1. The molecule has 0 aromatic heterocycles. The van der Waals surface area contributed by atoms with E-state index in [1.54, 1.807) is 23.1 Å². The van der Waals surface area contributed by atoms with Crippen molar-refractivity contribution in [1.29, 1.82) is 0 Å². The maximum Gasteiger partial charge on any atom is 0.303 e. The van der Waals surface area contributed by atoms with Gasteiger partial charge in [-0.1, -0.05) is 35.0 Å². The van der Waals surface area contributed by atoms with Crippen LogP contribution < -0.4 is 4.90 Å². The molecule has 11 heteroatoms. The van der Waals surface area contributed by atoms with E-state index >= 15 is 0 Å². The Bertz CT molecular complexity index is 919. The number of fused-ring (bicyclic) bond motifs is 1. The van der Waals surface area contributed by atoms with Gasteiger partial charge in [0.15, 0.2) is 15.0 Å². The highest BCUT2D eigenvalue weighted by molar-refractivity contribution is 8.16. The van der Waals surface area contributed by atoms with E-state index in [0.29, 0.717) is 20.9 Å². The summed E-state index contributed by atoms with van der Waals surface area (Å²) in [6.45, 7) is 0. The number of carboxylic acids is 1. The quantitative estimate of drug-likeness (QED) is 0.734. The lowest BCUT2D eigenvalue weighted by Crippen LogP contribution is -2.37. The molecule has 146 valence electrons. The lowest BCUT2D eigenvalue weighted by Gasteiger charge is -2.25. The number of hydrogen-bond donors (Lipinski definition) is 1. The number of nitrogens with zero attached hydrogens (tertiary/aromatic N) is 2. The molecule has 0 radical (unpaired) electrons. The van der Waals surface area contributed by atoms with Crippen molar-refractivity contribution in [2.45, 2.75) is 30.6 Å². The Hall–Kier alpha value is -1.29. The Balaban J connectivity index is 1.89. The molecule has 7 nitrogen and oxygen atoms in total. The fraction of sp³-hybridized carbons (Fsp3) is 0.438. The summed E-state index contributed by atoms with van der Waals surface area (Å²) in [6.07, 6.45) is 0.0880. The van der Waals surface area contributed by atoms with E-state index in [4.69, 9.17) is 28.3 Å². The van der Waals surface area contributed by atoms with Gasteiger partial charge in [0, 0.05) is 23.1 Å². The van der Waals surface area contributed by atoms with E-state index in [1.165, 1.54) is 11.8 Å². The Morgan fingerprint density at radius 2 is 2.00 bits per heavy atom. The molecule has 2 saturated heterocycles. The largest absolute Gasteiger partial charge is 0.481 e. The first-order valence-corrected chi connectivity index (χ1v) is 11.6. The molecule has 0 bridgehead atoms. The first-order valence-electron chi connectivity index (χ1n) is 8.11. The highest BCUT2D eigenvalue weighted by Gasteiger charge is 2.49. The number of carbonyl (C=O) groups excluding carboxylic acids is 1. The number of thioether (sulfide) groups is 1. The number of carboxylic acid groups (broad SMARTS) is 1. The SMILES string of the molecule is O=C(O)CCCC(=O)N=C1S[C@@H]2CS(=O)(=O)C[C@@H]2N1c1ccc(Cl)cc1Cl. The fourth-order valence-corrected chi connectivity index (χ4v) is 7.50. The number of aliphatic imine (C=N–C) groups is 1. The lowest BCUT2D eigenvalue weighted by atomic mass is 10.2. The van der Waals surface area contributed by atoms with E-state index in [1.807, 2.05) is 0 Å². The third-order valence-corrected chi connectivity index (χ3v) is 7.99. The summed E-state index contributed by atoms with van der Waals surface area (Å²) in [5, 5.41) is 9.58. The Morgan fingerprint density at radius 3 is 2.67 bits per heavy atom. The molecule has 1 N–H and O–H groups in total. The summed E-state index contributed by atoms with van der Waals surface area (Å²) in [4.78, 5) is 28.5. The van der Waals surface area contributed by atoms with Gasteiger partial charge >= 0.3 is 5.97 Å². The molecule has 2 heterocycles. The zero-order chi connectivity index (χ0) is 19.8. The van der Waals surface area contributed by atoms with Gasteiger partial charge in [0.1, 0.15) is 0 Å². The minimum atomic E-state index is -3.18. The van der Waals surface area contributed by atoms with Crippen molar-refractivity contribution in [2.75, 3.05) is 16.4 Å². The van der Waals surface area contributed by atoms with Crippen LogP contribution in [0, 0.1) is 0 Å². The fourth-order valence-electron chi connectivity index (χ4n) is 3.08. The predicted molar refractivity (Wildman–Crippen MR) is 107 cm³/mol. The molecule has 2 aliphatic heterocycles. The van der Waals surface area contributed by atoms with Crippen LogP contribution in [0.3, 0.4) is 0 Å². The molecular formula is C16H16Cl2N2O5S2. The second kappa shape index (κ2) is 7.98. The zero-order valence-electron chi connectivity index (χ0n) is 14.0. The summed E-state index contributed by atoms with van der Waals surface area (Å²) in [7, 11) is -3.18. The number of hydrogen-bond acceptors (Lipinski definition) is 5. The van der Waals surface area contributed by atoms with Crippen LogP contribution in [-0.4, -0.2) is 53.4 Å². The van der Waals surface area contributed by atoms with Crippen molar-refractivity contribution in [3.63, 3.8) is 0 Å². The van der Waals surface area contributed by atoms with Gasteiger partial charge in [0.25, 0.3) is 0 Å². The summed E-state index contributed by atoms with van der Waals surface area (Å²) < 4.78 is 24.1. The highest BCUT2D eigenvalue weighted by Crippen LogP contribution is 2.43. The van der Waals surface area contributed by atoms with Gasteiger partial charge in [-0.3, -0.25) is 9.59 Å². The molecule has 0 unspecified atom stereocenters. The van der Waals surface area contributed by atoms with Crippen molar-refractivity contribution in [3.8, 4) is 0 Å². The van der Waals surface area contributed by atoms with E-state index in [0.717, 1.165) is 0 Å². The Kier molecular flexibility index (Phi) is 6.05. The average Bonchev–Trinajstić information content (AvgIpc) is 2.98. The molecule has 2 atom stereocenters. The predicted octanol–water partition coefficient (Wildman–Crippen LogP) is 2.85. The Morgan fingerprint density at radius 1 is 1.26 bits per heavy atom. The number of amides is 1. The van der Waals surface area contributed by atoms with Crippen LogP contribution in [-0.2, 0) is 19.4 Å². The summed E-state index contributed by atoms with van der Waals surface area (Å²) >= 11 is 13.5. The van der Waals surface area contributed by atoms with Crippen molar-refractivity contribution in [2.24, 2.45) is 4.99 Å². The molecule has 0 spiro atoms. The van der Waals surface area contributed by atoms with Crippen LogP contribution in [0.25, 0.3) is 0 Å². The van der Waals surface area contributed by atoms with Gasteiger partial charge in [-0.2, -0.15) is 4.99 Å². The summed E-state index contributed by atoms with van der Waals surface area (Å²) in [5.74, 6) is -1.46. The number of aliphatic carboxylic acids is 1. The van der Waals surface area contributed by atoms with E-state index < -0.39 is 21.7 Å². The van der Waals surface area contributed by atoms with E-state index in [-0.39, 0.29) is 42.1 Å². The smallest absolute Gasteiger partial charge is 0.303 e. The molecule has 0 saturated carbocycles. The molecule has 3 rings (SSSR count). The normalized spacial score (nSPS) is 25.0. The molecule has 27 heavy (non-hydrogen) atoms. The number of halogens is 2. The van der Waals surface area contributed by atoms with Crippen LogP contribution in [0.1, 0.15) is 19.3 Å². The maximum atomic E-state index is 12.2. The van der Waals surface area contributed by atoms with E-state index in [2.05, 4.69) is 4.99 Å². The van der Waals surface area contributed by atoms with Gasteiger partial charge in [-0.05, 0) is 24.6 Å². The molecular weight excluding hydrogens is 435 g/mol. The molecule has 1 aromatic rings. The second-order valence-electron chi connectivity index (χ2n) is 6.30. The van der Waals surface area contributed by atoms with Gasteiger partial charge in [0.2, 0.25) is 5.91 Å². The second-order valence-corrected chi connectivity index (χ2v) is 10.5. The summed E-state index contributed by atoms with van der Waals surface area (Å²) in [6, 6.07) is 4.48. The van der Waals surface area contributed by atoms with Gasteiger partial charge < -0.3 is 10.0 Å². The first-order chi connectivity index (χ1) is 12.7. The van der Waals surface area contributed by atoms with Crippen molar-refractivity contribution >= 4 is 67.5 Å². The first kappa shape index (κ1) is 20.4. The van der Waals surface area contributed by atoms with E-state index in [9.17, 15) is 18.0 Å². The lowest BCUT2D eigenvalue weighted by molar-refractivity contribution is -0.137. The summed E-state index contributed by atoms with van der Waals surface area (Å²) in [5.41, 5.74) is 0.537. The van der Waals surface area contributed by atoms with Crippen LogP contribution >= 0.6 is 35.0 Å². The van der Waals surface area contributed by atoms with Gasteiger partial charge in [-0.25, -0.2) is 8.42 Å². The van der Waals surface area contributed by atoms with Crippen LogP contribution in [0.5, 0.6) is 0 Å². The topological polar surface area (TPSA) is 104 Å². The van der Waals surface area contributed by atoms with Gasteiger partial charge in [-0.15, -0.1) is 0 Å². The number of carbonyl (C=O) groups is 2. The average molecular weight is 451 g/mol. The van der Waals surface area contributed by atoms with Crippen LogP contribution in [0.15, 0.2) is 23.2 Å². The molecule has 2 aliphatic rings. The Labute approximate surface area is 170 Å².